The fraction of sp³-hybridized carbons (Fsp3) is 0.0588. The number of anilines is 1. The van der Waals surface area contributed by atoms with Gasteiger partial charge in [-0.3, -0.25) is 0 Å². The maximum absolute atomic E-state index is 13.0. The molecule has 4 rings (SSSR count). The molecule has 3 heterocycles. The molecule has 0 spiro atoms. The molecule has 0 fully saturated rings. The van der Waals surface area contributed by atoms with Crippen molar-refractivity contribution in [2.75, 3.05) is 5.32 Å². The molecular weight excluding hydrogens is 307 g/mol. The standard InChI is InChI=1S/C17H13FN6/c18-13-3-1-12(2-4-13)15-5-6-16(23-22-15)20-11-14-7-9-19-17-8-10-21-24(14)17/h1-10H,11H2,(H,20,23). The number of hydrogen-bond donors (Lipinski definition) is 1. The Balaban J connectivity index is 1.49. The zero-order valence-electron chi connectivity index (χ0n) is 12.6. The molecule has 0 unspecified atom stereocenters. The van der Waals surface area contributed by atoms with Crippen LogP contribution in [0.1, 0.15) is 5.69 Å². The molecule has 0 aliphatic heterocycles. The Hall–Kier alpha value is -3.35. The number of halogens is 1. The smallest absolute Gasteiger partial charge is 0.155 e. The maximum atomic E-state index is 13.0. The van der Waals surface area contributed by atoms with Crippen LogP contribution in [-0.4, -0.2) is 24.8 Å². The summed E-state index contributed by atoms with van der Waals surface area (Å²) in [4.78, 5) is 4.23. The Labute approximate surface area is 137 Å². The monoisotopic (exact) mass is 320 g/mol. The molecule has 0 saturated carbocycles. The van der Waals surface area contributed by atoms with Crippen molar-refractivity contribution < 1.29 is 4.39 Å². The first-order valence-electron chi connectivity index (χ1n) is 7.41. The lowest BCUT2D eigenvalue weighted by Gasteiger charge is -2.07. The number of rotatable bonds is 4. The average Bonchev–Trinajstić information content (AvgIpc) is 3.10. The second-order valence-corrected chi connectivity index (χ2v) is 5.20. The highest BCUT2D eigenvalue weighted by atomic mass is 19.1. The van der Waals surface area contributed by atoms with Crippen LogP contribution in [-0.2, 0) is 6.54 Å². The summed E-state index contributed by atoms with van der Waals surface area (Å²) in [5.41, 5.74) is 3.28. The molecular formula is C17H13FN6. The highest BCUT2D eigenvalue weighted by Crippen LogP contribution is 2.17. The minimum absolute atomic E-state index is 0.271. The number of hydrogen-bond acceptors (Lipinski definition) is 5. The van der Waals surface area contributed by atoms with Crippen LogP contribution in [0.25, 0.3) is 16.9 Å². The summed E-state index contributed by atoms with van der Waals surface area (Å²) < 4.78 is 14.7. The zero-order chi connectivity index (χ0) is 16.4. The number of aromatic nitrogens is 5. The van der Waals surface area contributed by atoms with Crippen molar-refractivity contribution in [3.8, 4) is 11.3 Å². The fourth-order valence-electron chi connectivity index (χ4n) is 2.40. The van der Waals surface area contributed by atoms with Gasteiger partial charge >= 0.3 is 0 Å². The first-order chi connectivity index (χ1) is 11.8. The third-order valence-corrected chi connectivity index (χ3v) is 3.62. The van der Waals surface area contributed by atoms with Crippen LogP contribution in [0.5, 0.6) is 0 Å². The van der Waals surface area contributed by atoms with Gasteiger partial charge in [-0.05, 0) is 42.5 Å². The minimum Gasteiger partial charge on any atom is -0.363 e. The van der Waals surface area contributed by atoms with E-state index in [9.17, 15) is 4.39 Å². The SMILES string of the molecule is Fc1ccc(-c2ccc(NCc3ccnc4ccnn34)nn2)cc1. The van der Waals surface area contributed by atoms with Crippen molar-refractivity contribution in [2.24, 2.45) is 0 Å². The van der Waals surface area contributed by atoms with E-state index in [1.54, 1.807) is 29.0 Å². The first-order valence-corrected chi connectivity index (χ1v) is 7.41. The van der Waals surface area contributed by atoms with Crippen molar-refractivity contribution in [3.05, 3.63) is 72.4 Å². The molecule has 6 nitrogen and oxygen atoms in total. The van der Waals surface area contributed by atoms with E-state index in [0.29, 0.717) is 18.1 Å². The van der Waals surface area contributed by atoms with Crippen LogP contribution < -0.4 is 5.32 Å². The van der Waals surface area contributed by atoms with Gasteiger partial charge in [-0.15, -0.1) is 10.2 Å². The van der Waals surface area contributed by atoms with Crippen molar-refractivity contribution in [1.82, 2.24) is 24.8 Å². The number of nitrogens with zero attached hydrogens (tertiary/aromatic N) is 5. The van der Waals surface area contributed by atoms with E-state index in [1.165, 1.54) is 12.1 Å². The summed E-state index contributed by atoms with van der Waals surface area (Å²) in [7, 11) is 0. The van der Waals surface area contributed by atoms with Gasteiger partial charge in [0.25, 0.3) is 0 Å². The maximum Gasteiger partial charge on any atom is 0.155 e. The Bertz CT molecular complexity index is 962. The second kappa shape index (κ2) is 6.04. The molecule has 0 bridgehead atoms. The van der Waals surface area contributed by atoms with Gasteiger partial charge in [-0.25, -0.2) is 13.9 Å². The van der Waals surface area contributed by atoms with Crippen LogP contribution in [0.3, 0.4) is 0 Å². The topological polar surface area (TPSA) is 68.0 Å². The zero-order valence-corrected chi connectivity index (χ0v) is 12.6. The fourth-order valence-corrected chi connectivity index (χ4v) is 2.40. The van der Waals surface area contributed by atoms with E-state index in [2.05, 4.69) is 25.6 Å². The van der Waals surface area contributed by atoms with Gasteiger partial charge in [0.05, 0.1) is 24.1 Å². The lowest BCUT2D eigenvalue weighted by molar-refractivity contribution is 0.628. The Morgan fingerprint density at radius 1 is 0.917 bits per heavy atom. The predicted molar refractivity (Wildman–Crippen MR) is 87.7 cm³/mol. The number of benzene rings is 1. The van der Waals surface area contributed by atoms with Crippen LogP contribution in [0.2, 0.25) is 0 Å². The molecule has 0 amide bonds. The van der Waals surface area contributed by atoms with Gasteiger partial charge in [0.15, 0.2) is 5.65 Å². The summed E-state index contributed by atoms with van der Waals surface area (Å²) in [5, 5.41) is 15.8. The largest absolute Gasteiger partial charge is 0.363 e. The molecule has 0 aliphatic rings. The molecule has 118 valence electrons. The second-order valence-electron chi connectivity index (χ2n) is 5.20. The van der Waals surface area contributed by atoms with Gasteiger partial charge in [-0.2, -0.15) is 5.10 Å². The first kappa shape index (κ1) is 14.3. The van der Waals surface area contributed by atoms with Crippen LogP contribution in [0.4, 0.5) is 10.2 Å². The molecule has 3 aromatic heterocycles. The van der Waals surface area contributed by atoms with E-state index in [-0.39, 0.29) is 5.82 Å². The average molecular weight is 320 g/mol. The molecule has 7 heteroatoms. The molecule has 0 atom stereocenters. The molecule has 4 aromatic rings. The molecule has 0 radical (unpaired) electrons. The van der Waals surface area contributed by atoms with Gasteiger partial charge < -0.3 is 5.32 Å². The lowest BCUT2D eigenvalue weighted by Crippen LogP contribution is -2.08. The Morgan fingerprint density at radius 3 is 2.58 bits per heavy atom. The van der Waals surface area contributed by atoms with E-state index < -0.39 is 0 Å². The van der Waals surface area contributed by atoms with Crippen molar-refractivity contribution in [1.29, 1.82) is 0 Å². The van der Waals surface area contributed by atoms with Gasteiger partial charge in [0.2, 0.25) is 0 Å². The lowest BCUT2D eigenvalue weighted by atomic mass is 10.1. The van der Waals surface area contributed by atoms with Crippen LogP contribution in [0.15, 0.2) is 60.9 Å². The highest BCUT2D eigenvalue weighted by molar-refractivity contribution is 5.59. The van der Waals surface area contributed by atoms with E-state index >= 15 is 0 Å². The van der Waals surface area contributed by atoms with E-state index in [1.807, 2.05) is 24.3 Å². The van der Waals surface area contributed by atoms with Gasteiger partial charge in [-0.1, -0.05) is 0 Å². The summed E-state index contributed by atoms with van der Waals surface area (Å²) in [6.07, 6.45) is 3.46. The quantitative estimate of drug-likeness (QED) is 0.626. The van der Waals surface area contributed by atoms with E-state index in [0.717, 1.165) is 16.9 Å². The van der Waals surface area contributed by atoms with Crippen molar-refractivity contribution in [2.45, 2.75) is 6.54 Å². The van der Waals surface area contributed by atoms with Crippen LogP contribution in [0, 0.1) is 5.82 Å². The van der Waals surface area contributed by atoms with Crippen LogP contribution >= 0.6 is 0 Å². The molecule has 24 heavy (non-hydrogen) atoms. The molecule has 1 N–H and O–H groups in total. The Morgan fingerprint density at radius 2 is 1.79 bits per heavy atom. The van der Waals surface area contributed by atoms with E-state index in [4.69, 9.17) is 0 Å². The third kappa shape index (κ3) is 2.79. The number of nitrogens with one attached hydrogen (secondary N) is 1. The highest BCUT2D eigenvalue weighted by Gasteiger charge is 2.04. The Kier molecular flexibility index (Phi) is 3.59. The molecule has 0 saturated heterocycles. The predicted octanol–water partition coefficient (Wildman–Crippen LogP) is 2.94. The van der Waals surface area contributed by atoms with Crippen molar-refractivity contribution >= 4 is 11.5 Å². The normalized spacial score (nSPS) is 10.9. The summed E-state index contributed by atoms with van der Waals surface area (Å²) in [5.74, 6) is 0.380. The number of fused-ring (bicyclic) bond motifs is 1. The van der Waals surface area contributed by atoms with Gasteiger partial charge in [0.1, 0.15) is 11.6 Å². The minimum atomic E-state index is -0.271. The van der Waals surface area contributed by atoms with Gasteiger partial charge in [0, 0.05) is 17.8 Å². The summed E-state index contributed by atoms with van der Waals surface area (Å²) in [6.45, 7) is 0.547. The molecule has 1 aromatic carbocycles. The third-order valence-electron chi connectivity index (χ3n) is 3.62. The molecule has 0 aliphatic carbocycles. The summed E-state index contributed by atoms with van der Waals surface area (Å²) >= 11 is 0. The van der Waals surface area contributed by atoms with Crippen molar-refractivity contribution in [3.63, 3.8) is 0 Å². The summed E-state index contributed by atoms with van der Waals surface area (Å²) in [6, 6.07) is 13.6.